The van der Waals surface area contributed by atoms with Crippen LogP contribution < -0.4 is 16.0 Å². The van der Waals surface area contributed by atoms with Gasteiger partial charge in [0.25, 0.3) is 5.91 Å². The number of pyridine rings is 1. The van der Waals surface area contributed by atoms with Crippen LogP contribution in [0.25, 0.3) is 0 Å². The van der Waals surface area contributed by atoms with E-state index >= 15 is 0 Å². The highest BCUT2D eigenvalue weighted by Crippen LogP contribution is 2.28. The zero-order chi connectivity index (χ0) is 22.2. The monoisotopic (exact) mass is 455 g/mol. The number of rotatable bonds is 8. The van der Waals surface area contributed by atoms with Crippen LogP contribution in [0, 0.1) is 6.07 Å². The van der Waals surface area contributed by atoms with E-state index in [1.54, 1.807) is 42.6 Å². The van der Waals surface area contributed by atoms with Crippen LogP contribution in [0.3, 0.4) is 0 Å². The lowest BCUT2D eigenvalue weighted by Gasteiger charge is -2.22. The molecule has 0 bridgehead atoms. The van der Waals surface area contributed by atoms with Gasteiger partial charge in [0.05, 0.1) is 27.8 Å². The Labute approximate surface area is 191 Å². The SMILES string of the molecule is NCC(=O)N(C(=O)c1c(Cl)cccc1Cl)c1cc[c]c(CCCNc2ccccn2)c1. The third kappa shape index (κ3) is 5.82. The van der Waals surface area contributed by atoms with Gasteiger partial charge >= 0.3 is 0 Å². The van der Waals surface area contributed by atoms with E-state index in [4.69, 9.17) is 28.9 Å². The van der Waals surface area contributed by atoms with Crippen LogP contribution in [0.2, 0.25) is 10.0 Å². The van der Waals surface area contributed by atoms with Crippen molar-refractivity contribution in [2.75, 3.05) is 23.3 Å². The van der Waals surface area contributed by atoms with E-state index in [0.717, 1.165) is 22.7 Å². The van der Waals surface area contributed by atoms with E-state index in [9.17, 15) is 9.59 Å². The molecule has 2 aromatic carbocycles. The molecule has 0 fully saturated rings. The maximum Gasteiger partial charge on any atom is 0.268 e. The fourth-order valence-corrected chi connectivity index (χ4v) is 3.59. The van der Waals surface area contributed by atoms with E-state index in [1.165, 1.54) is 0 Å². The number of carbonyl (C=O) groups is 2. The molecule has 6 nitrogen and oxygen atoms in total. The topological polar surface area (TPSA) is 88.3 Å². The van der Waals surface area contributed by atoms with E-state index in [1.807, 2.05) is 18.2 Å². The summed E-state index contributed by atoms with van der Waals surface area (Å²) in [5.41, 5.74) is 6.87. The Hall–Kier alpha value is -2.93. The molecule has 0 saturated carbocycles. The average molecular weight is 456 g/mol. The second-order valence-electron chi connectivity index (χ2n) is 6.65. The van der Waals surface area contributed by atoms with E-state index in [2.05, 4.69) is 16.4 Å². The van der Waals surface area contributed by atoms with E-state index in [0.29, 0.717) is 18.7 Å². The lowest BCUT2D eigenvalue weighted by molar-refractivity contribution is -0.116. The van der Waals surface area contributed by atoms with Crippen molar-refractivity contribution in [1.29, 1.82) is 0 Å². The molecule has 31 heavy (non-hydrogen) atoms. The second-order valence-corrected chi connectivity index (χ2v) is 7.47. The largest absolute Gasteiger partial charge is 0.370 e. The zero-order valence-electron chi connectivity index (χ0n) is 16.6. The molecular formula is C23H21Cl2N4O2. The predicted molar refractivity (Wildman–Crippen MR) is 124 cm³/mol. The molecule has 8 heteroatoms. The van der Waals surface area contributed by atoms with Crippen molar-refractivity contribution >= 4 is 46.5 Å². The Bertz CT molecular complexity index is 1040. The summed E-state index contributed by atoms with van der Waals surface area (Å²) in [6, 6.07) is 18.6. The minimum Gasteiger partial charge on any atom is -0.370 e. The predicted octanol–water partition coefficient (Wildman–Crippen LogP) is 4.37. The molecule has 0 spiro atoms. The standard InChI is InChI=1S/C23H21Cl2N4O2/c24-18-9-4-10-19(25)22(18)23(31)29(21(30)15-26)17-8-3-6-16(14-17)7-5-13-28-20-11-1-2-12-27-20/h1-4,8-12,14H,5,7,13,15,26H2,(H,27,28). The summed E-state index contributed by atoms with van der Waals surface area (Å²) in [7, 11) is 0. The highest BCUT2D eigenvalue weighted by molar-refractivity contribution is 6.41. The first-order valence-electron chi connectivity index (χ1n) is 9.68. The minimum absolute atomic E-state index is 0.0570. The van der Waals surface area contributed by atoms with Crippen LogP contribution in [0.5, 0.6) is 0 Å². The number of aromatic nitrogens is 1. The van der Waals surface area contributed by atoms with Gasteiger partial charge in [-0.05, 0) is 60.9 Å². The first-order chi connectivity index (χ1) is 15.0. The van der Waals surface area contributed by atoms with Gasteiger partial charge in [-0.3, -0.25) is 9.59 Å². The van der Waals surface area contributed by atoms with Gasteiger partial charge in [-0.25, -0.2) is 9.88 Å². The lowest BCUT2D eigenvalue weighted by atomic mass is 10.1. The lowest BCUT2D eigenvalue weighted by Crippen LogP contribution is -2.41. The normalized spacial score (nSPS) is 10.5. The summed E-state index contributed by atoms with van der Waals surface area (Å²) < 4.78 is 0. The summed E-state index contributed by atoms with van der Waals surface area (Å²) in [4.78, 5) is 30.9. The van der Waals surface area contributed by atoms with Crippen molar-refractivity contribution in [3.63, 3.8) is 0 Å². The zero-order valence-corrected chi connectivity index (χ0v) is 18.2. The first kappa shape index (κ1) is 22.7. The Morgan fingerprint density at radius 1 is 1.10 bits per heavy atom. The highest BCUT2D eigenvalue weighted by Gasteiger charge is 2.27. The Morgan fingerprint density at radius 2 is 1.87 bits per heavy atom. The Morgan fingerprint density at radius 3 is 2.55 bits per heavy atom. The number of nitrogens with zero attached hydrogens (tertiary/aromatic N) is 2. The molecule has 0 aliphatic heterocycles. The number of nitrogens with two attached hydrogens (primary N) is 1. The fourth-order valence-electron chi connectivity index (χ4n) is 3.03. The van der Waals surface area contributed by atoms with Crippen LogP contribution in [0.1, 0.15) is 22.3 Å². The Balaban J connectivity index is 1.76. The van der Waals surface area contributed by atoms with Gasteiger partial charge in [0, 0.05) is 12.7 Å². The molecule has 1 heterocycles. The summed E-state index contributed by atoms with van der Waals surface area (Å²) in [5.74, 6) is -0.378. The first-order valence-corrected chi connectivity index (χ1v) is 10.4. The van der Waals surface area contributed by atoms with E-state index in [-0.39, 0.29) is 22.2 Å². The van der Waals surface area contributed by atoms with Crippen molar-refractivity contribution in [2.24, 2.45) is 5.73 Å². The van der Waals surface area contributed by atoms with Gasteiger partial charge in [-0.2, -0.15) is 0 Å². The molecule has 3 aromatic rings. The molecule has 1 aromatic heterocycles. The van der Waals surface area contributed by atoms with Crippen LogP contribution in [-0.4, -0.2) is 29.9 Å². The molecule has 1 radical (unpaired) electrons. The Kier molecular flexibility index (Phi) is 8.00. The van der Waals surface area contributed by atoms with Gasteiger partial charge < -0.3 is 11.1 Å². The molecule has 0 unspecified atom stereocenters. The van der Waals surface area contributed by atoms with Gasteiger partial charge in [-0.15, -0.1) is 0 Å². The van der Waals surface area contributed by atoms with Crippen molar-refractivity contribution in [2.45, 2.75) is 12.8 Å². The quantitative estimate of drug-likeness (QED) is 0.492. The van der Waals surface area contributed by atoms with Crippen molar-refractivity contribution in [1.82, 2.24) is 4.98 Å². The molecule has 0 aliphatic rings. The summed E-state index contributed by atoms with van der Waals surface area (Å²) in [6.45, 7) is 0.379. The number of imide groups is 1. The third-order valence-corrected chi connectivity index (χ3v) is 5.13. The number of carbonyl (C=O) groups excluding carboxylic acids is 2. The summed E-state index contributed by atoms with van der Waals surface area (Å²) >= 11 is 12.4. The minimum atomic E-state index is -0.625. The van der Waals surface area contributed by atoms with Crippen molar-refractivity contribution in [3.05, 3.63) is 88.0 Å². The fraction of sp³-hybridized carbons (Fsp3) is 0.174. The van der Waals surface area contributed by atoms with E-state index < -0.39 is 11.8 Å². The number of aryl methyl sites for hydroxylation is 1. The molecule has 3 N–H and O–H groups in total. The average Bonchev–Trinajstić information content (AvgIpc) is 2.78. The maximum absolute atomic E-state index is 13.2. The number of benzene rings is 2. The molecule has 159 valence electrons. The van der Waals surface area contributed by atoms with Gasteiger partial charge in [0.2, 0.25) is 5.91 Å². The smallest absolute Gasteiger partial charge is 0.268 e. The van der Waals surface area contributed by atoms with Gasteiger partial charge in [0.15, 0.2) is 0 Å². The number of anilines is 2. The van der Waals surface area contributed by atoms with Gasteiger partial charge in [0.1, 0.15) is 5.82 Å². The van der Waals surface area contributed by atoms with Gasteiger partial charge in [-0.1, -0.05) is 41.4 Å². The molecule has 3 rings (SSSR count). The number of hydrogen-bond donors (Lipinski definition) is 2. The van der Waals surface area contributed by atoms with Crippen molar-refractivity contribution in [3.8, 4) is 0 Å². The number of amides is 2. The second kappa shape index (κ2) is 10.9. The van der Waals surface area contributed by atoms with Crippen molar-refractivity contribution < 1.29 is 9.59 Å². The highest BCUT2D eigenvalue weighted by atomic mass is 35.5. The third-order valence-electron chi connectivity index (χ3n) is 4.50. The number of nitrogens with one attached hydrogen (secondary N) is 1. The number of halogens is 2. The summed E-state index contributed by atoms with van der Waals surface area (Å²) in [6.07, 6.45) is 3.23. The van der Waals surface area contributed by atoms with Crippen LogP contribution >= 0.6 is 23.2 Å². The molecule has 0 atom stereocenters. The molecule has 0 aliphatic carbocycles. The van der Waals surface area contributed by atoms with Crippen LogP contribution in [-0.2, 0) is 11.2 Å². The number of hydrogen-bond acceptors (Lipinski definition) is 5. The molecule has 0 saturated heterocycles. The maximum atomic E-state index is 13.2. The van der Waals surface area contributed by atoms with Crippen LogP contribution in [0.15, 0.2) is 60.8 Å². The van der Waals surface area contributed by atoms with Crippen LogP contribution in [0.4, 0.5) is 11.5 Å². The summed E-state index contributed by atoms with van der Waals surface area (Å²) in [5, 5.41) is 3.57. The molecule has 2 amide bonds. The molecular weight excluding hydrogens is 435 g/mol.